The number of carboxylic acid groups (broad SMARTS) is 1. The SMILES string of the molecule is O=C(NC(CC1=CN=C2C=CC=CC12)C(=O)O)c1ncc(C(=O)NC(c2ccccc2)c2ccccc2)c(=O)[nH]1. The van der Waals surface area contributed by atoms with Gasteiger partial charge in [0.2, 0.25) is 0 Å². The zero-order valence-electron chi connectivity index (χ0n) is 21.2. The quantitative estimate of drug-likeness (QED) is 0.330. The third-order valence-electron chi connectivity index (χ3n) is 6.62. The maximum absolute atomic E-state index is 13.1. The van der Waals surface area contributed by atoms with Crippen LogP contribution >= 0.6 is 0 Å². The number of aliphatic carboxylic acids is 1. The van der Waals surface area contributed by atoms with Gasteiger partial charge >= 0.3 is 5.97 Å². The molecule has 0 saturated heterocycles. The number of carbonyl (C=O) groups excluding carboxylic acids is 2. The van der Waals surface area contributed by atoms with Crippen molar-refractivity contribution in [2.75, 3.05) is 0 Å². The zero-order valence-corrected chi connectivity index (χ0v) is 21.2. The Balaban J connectivity index is 1.29. The summed E-state index contributed by atoms with van der Waals surface area (Å²) in [6.45, 7) is 0. The molecule has 0 bridgehead atoms. The highest BCUT2D eigenvalue weighted by molar-refractivity contribution is 6.03. The smallest absolute Gasteiger partial charge is 0.326 e. The molecule has 1 aliphatic carbocycles. The number of amides is 2. The van der Waals surface area contributed by atoms with Crippen LogP contribution in [0.25, 0.3) is 0 Å². The van der Waals surface area contributed by atoms with Crippen molar-refractivity contribution >= 4 is 23.5 Å². The summed E-state index contributed by atoms with van der Waals surface area (Å²) in [5.41, 5.74) is 2.05. The van der Waals surface area contributed by atoms with Gasteiger partial charge in [-0.2, -0.15) is 0 Å². The number of H-pyrrole nitrogens is 1. The Morgan fingerprint density at radius 1 is 0.925 bits per heavy atom. The first-order valence-corrected chi connectivity index (χ1v) is 12.6. The lowest BCUT2D eigenvalue weighted by Gasteiger charge is -2.20. The Bertz CT molecular complexity index is 1580. The van der Waals surface area contributed by atoms with Crippen LogP contribution in [-0.4, -0.2) is 44.6 Å². The van der Waals surface area contributed by atoms with Gasteiger partial charge in [-0.15, -0.1) is 0 Å². The first kappa shape index (κ1) is 26.2. The molecule has 2 atom stereocenters. The Hall–Kier alpha value is -5.38. The molecule has 2 heterocycles. The monoisotopic (exact) mass is 535 g/mol. The van der Waals surface area contributed by atoms with Gasteiger partial charge in [-0.05, 0) is 22.8 Å². The molecule has 5 rings (SSSR count). The van der Waals surface area contributed by atoms with Crippen molar-refractivity contribution < 1.29 is 19.5 Å². The number of fused-ring (bicyclic) bond motifs is 1. The molecule has 10 nitrogen and oxygen atoms in total. The van der Waals surface area contributed by atoms with Gasteiger partial charge in [0.05, 0.1) is 11.8 Å². The highest BCUT2D eigenvalue weighted by Crippen LogP contribution is 2.28. The molecule has 0 saturated carbocycles. The van der Waals surface area contributed by atoms with Gasteiger partial charge in [0.1, 0.15) is 11.6 Å². The van der Waals surface area contributed by atoms with Crippen molar-refractivity contribution in [1.29, 1.82) is 0 Å². The van der Waals surface area contributed by atoms with Gasteiger partial charge in [-0.1, -0.05) is 78.9 Å². The van der Waals surface area contributed by atoms with Crippen LogP contribution in [0.2, 0.25) is 0 Å². The highest BCUT2D eigenvalue weighted by Gasteiger charge is 2.29. The van der Waals surface area contributed by atoms with Gasteiger partial charge < -0.3 is 20.7 Å². The molecule has 2 unspecified atom stereocenters. The topological polar surface area (TPSA) is 154 Å². The second-order valence-electron chi connectivity index (χ2n) is 9.25. The average Bonchev–Trinajstić information content (AvgIpc) is 3.39. The molecule has 3 aromatic rings. The maximum Gasteiger partial charge on any atom is 0.326 e. The van der Waals surface area contributed by atoms with E-state index in [0.29, 0.717) is 0 Å². The summed E-state index contributed by atoms with van der Waals surface area (Å²) in [6.07, 6.45) is 10.1. The minimum absolute atomic E-state index is 0.0159. The third kappa shape index (κ3) is 5.70. The third-order valence-corrected chi connectivity index (χ3v) is 6.62. The molecule has 2 aliphatic rings. The largest absolute Gasteiger partial charge is 0.480 e. The van der Waals surface area contributed by atoms with Crippen molar-refractivity contribution in [3.8, 4) is 0 Å². The van der Waals surface area contributed by atoms with E-state index in [-0.39, 0.29) is 17.9 Å². The molecule has 10 heteroatoms. The summed E-state index contributed by atoms with van der Waals surface area (Å²) in [7, 11) is 0. The minimum atomic E-state index is -1.28. The standard InChI is InChI=1S/C30H25N5O5/c36-27(34-25(18-9-3-1-4-10-18)19-11-5-2-6-12-19)22-17-32-26(35-28(22)37)29(38)33-24(30(39)40)15-20-16-31-23-14-8-7-13-21(20)23/h1-14,16-17,21,24-25H,15H2,(H,33,38)(H,34,36)(H,39,40)(H,32,35,37). The number of aromatic amines is 1. The van der Waals surface area contributed by atoms with E-state index < -0.39 is 41.3 Å². The zero-order chi connectivity index (χ0) is 28.1. The van der Waals surface area contributed by atoms with Crippen LogP contribution in [0.4, 0.5) is 0 Å². The second-order valence-corrected chi connectivity index (χ2v) is 9.25. The lowest BCUT2D eigenvalue weighted by atomic mass is 9.89. The predicted octanol–water partition coefficient (Wildman–Crippen LogP) is 2.94. The van der Waals surface area contributed by atoms with E-state index in [4.69, 9.17) is 0 Å². The maximum atomic E-state index is 13.1. The van der Waals surface area contributed by atoms with Crippen molar-refractivity contribution in [2.45, 2.75) is 18.5 Å². The van der Waals surface area contributed by atoms with E-state index in [1.54, 1.807) is 6.20 Å². The fourth-order valence-corrected chi connectivity index (χ4v) is 4.58. The Kier molecular flexibility index (Phi) is 7.58. The van der Waals surface area contributed by atoms with Crippen LogP contribution < -0.4 is 16.2 Å². The van der Waals surface area contributed by atoms with Crippen LogP contribution in [-0.2, 0) is 4.79 Å². The normalized spacial score (nSPS) is 16.1. The number of aromatic nitrogens is 2. The molecular formula is C30H25N5O5. The van der Waals surface area contributed by atoms with Gasteiger partial charge in [0.25, 0.3) is 17.4 Å². The van der Waals surface area contributed by atoms with Crippen molar-refractivity contribution in [3.05, 3.63) is 136 Å². The Morgan fingerprint density at radius 3 is 2.23 bits per heavy atom. The molecule has 2 aromatic carbocycles. The molecule has 4 N–H and O–H groups in total. The summed E-state index contributed by atoms with van der Waals surface area (Å²) >= 11 is 0. The highest BCUT2D eigenvalue weighted by atomic mass is 16.4. The van der Waals surface area contributed by atoms with Crippen LogP contribution in [0, 0.1) is 5.92 Å². The van der Waals surface area contributed by atoms with Crippen molar-refractivity contribution in [3.63, 3.8) is 0 Å². The van der Waals surface area contributed by atoms with Crippen molar-refractivity contribution in [1.82, 2.24) is 20.6 Å². The first-order chi connectivity index (χ1) is 19.4. The molecule has 1 aliphatic heterocycles. The van der Waals surface area contributed by atoms with Crippen LogP contribution in [0.15, 0.2) is 113 Å². The van der Waals surface area contributed by atoms with Crippen molar-refractivity contribution in [2.24, 2.45) is 10.9 Å². The second kappa shape index (κ2) is 11.6. The van der Waals surface area contributed by atoms with E-state index in [9.17, 15) is 24.3 Å². The summed E-state index contributed by atoms with van der Waals surface area (Å²) in [5, 5.41) is 15.0. The van der Waals surface area contributed by atoms with E-state index in [1.807, 2.05) is 85.0 Å². The summed E-state index contributed by atoms with van der Waals surface area (Å²) in [5.74, 6) is -3.37. The number of rotatable bonds is 9. The van der Waals surface area contributed by atoms with Crippen LogP contribution in [0.1, 0.15) is 44.6 Å². The number of aliphatic imine (C=N–C) groups is 1. The number of carboxylic acids is 1. The number of nitrogens with zero attached hydrogens (tertiary/aromatic N) is 2. The number of nitrogens with one attached hydrogen (secondary N) is 3. The summed E-state index contributed by atoms with van der Waals surface area (Å²) in [4.78, 5) is 61.2. The summed E-state index contributed by atoms with van der Waals surface area (Å²) in [6, 6.07) is 16.8. The number of hydrogen-bond donors (Lipinski definition) is 4. The molecule has 2 amide bonds. The fraction of sp³-hybridized carbons (Fsp3) is 0.133. The molecule has 0 radical (unpaired) electrons. The lowest BCUT2D eigenvalue weighted by Crippen LogP contribution is -2.43. The number of hydrogen-bond acceptors (Lipinski definition) is 6. The molecule has 0 fully saturated rings. The van der Waals surface area contributed by atoms with Gasteiger partial charge in [-0.3, -0.25) is 19.4 Å². The number of carbonyl (C=O) groups is 3. The van der Waals surface area contributed by atoms with E-state index >= 15 is 0 Å². The summed E-state index contributed by atoms with van der Waals surface area (Å²) < 4.78 is 0. The van der Waals surface area contributed by atoms with E-state index in [0.717, 1.165) is 28.6 Å². The Morgan fingerprint density at radius 2 is 1.60 bits per heavy atom. The molecule has 0 spiro atoms. The molecule has 1 aromatic heterocycles. The van der Waals surface area contributed by atoms with Crippen LogP contribution in [0.3, 0.4) is 0 Å². The molecular weight excluding hydrogens is 510 g/mol. The van der Waals surface area contributed by atoms with E-state index in [1.165, 1.54) is 0 Å². The van der Waals surface area contributed by atoms with Gasteiger partial charge in [0, 0.05) is 24.7 Å². The van der Waals surface area contributed by atoms with Gasteiger partial charge in [0.15, 0.2) is 5.82 Å². The van der Waals surface area contributed by atoms with Crippen LogP contribution in [0.5, 0.6) is 0 Å². The lowest BCUT2D eigenvalue weighted by molar-refractivity contribution is -0.139. The fourth-order valence-electron chi connectivity index (χ4n) is 4.58. The van der Waals surface area contributed by atoms with Gasteiger partial charge in [-0.25, -0.2) is 9.78 Å². The minimum Gasteiger partial charge on any atom is -0.480 e. The number of benzene rings is 2. The predicted molar refractivity (Wildman–Crippen MR) is 148 cm³/mol. The number of allylic oxidation sites excluding steroid dienone is 4. The Labute approximate surface area is 228 Å². The van der Waals surface area contributed by atoms with E-state index in [2.05, 4.69) is 25.6 Å². The first-order valence-electron chi connectivity index (χ1n) is 12.6. The average molecular weight is 536 g/mol. The molecule has 40 heavy (non-hydrogen) atoms. The molecule has 200 valence electrons.